The van der Waals surface area contributed by atoms with Crippen molar-refractivity contribution in [3.8, 4) is 0 Å². The van der Waals surface area contributed by atoms with Gasteiger partial charge in [-0.2, -0.15) is 0 Å². The first-order valence-corrected chi connectivity index (χ1v) is 9.59. The van der Waals surface area contributed by atoms with Crippen LogP contribution < -0.4 is 15.5 Å². The van der Waals surface area contributed by atoms with E-state index in [2.05, 4.69) is 27.7 Å². The van der Waals surface area contributed by atoms with Crippen LogP contribution in [0.5, 0.6) is 0 Å². The summed E-state index contributed by atoms with van der Waals surface area (Å²) in [7, 11) is 0. The average molecular weight is 365 g/mol. The van der Waals surface area contributed by atoms with Gasteiger partial charge in [-0.25, -0.2) is 0 Å². The van der Waals surface area contributed by atoms with Gasteiger partial charge in [-0.15, -0.1) is 0 Å². The van der Waals surface area contributed by atoms with E-state index in [0.29, 0.717) is 0 Å². The Hall–Kier alpha value is -2.82. The molecule has 0 aliphatic carbocycles. The molecule has 2 amide bonds. The number of piperidine rings is 1. The zero-order chi connectivity index (χ0) is 19.1. The van der Waals surface area contributed by atoms with E-state index in [9.17, 15) is 9.59 Å². The zero-order valence-corrected chi connectivity index (χ0v) is 15.8. The molecule has 0 bridgehead atoms. The van der Waals surface area contributed by atoms with E-state index >= 15 is 0 Å². The molecule has 1 fully saturated rings. The van der Waals surface area contributed by atoms with Crippen molar-refractivity contribution in [1.82, 2.24) is 5.32 Å². The molecule has 2 aromatic rings. The van der Waals surface area contributed by atoms with Crippen LogP contribution in [0.4, 0.5) is 11.4 Å². The summed E-state index contributed by atoms with van der Waals surface area (Å²) >= 11 is 0. The SMILES string of the molecule is CC(=O)NC(CC(=O)Nc1ccc(N2CCCCC2)cc1)c1ccccc1. The number of amides is 2. The summed E-state index contributed by atoms with van der Waals surface area (Å²) in [6, 6.07) is 17.2. The molecule has 1 saturated heterocycles. The lowest BCUT2D eigenvalue weighted by molar-refractivity contribution is -0.120. The molecule has 3 rings (SSSR count). The van der Waals surface area contributed by atoms with Crippen molar-refractivity contribution in [1.29, 1.82) is 0 Å². The van der Waals surface area contributed by atoms with Gasteiger partial charge in [-0.3, -0.25) is 9.59 Å². The summed E-state index contributed by atoms with van der Waals surface area (Å²) < 4.78 is 0. The average Bonchev–Trinajstić information content (AvgIpc) is 2.69. The third-order valence-electron chi connectivity index (χ3n) is 4.84. The number of benzene rings is 2. The van der Waals surface area contributed by atoms with Gasteiger partial charge in [-0.05, 0) is 49.1 Å². The molecule has 27 heavy (non-hydrogen) atoms. The Labute approximate surface area is 160 Å². The topological polar surface area (TPSA) is 61.4 Å². The Morgan fingerprint density at radius 3 is 2.26 bits per heavy atom. The van der Waals surface area contributed by atoms with E-state index in [4.69, 9.17) is 0 Å². The third-order valence-corrected chi connectivity index (χ3v) is 4.84. The van der Waals surface area contributed by atoms with Crippen LogP contribution in [0.25, 0.3) is 0 Å². The highest BCUT2D eigenvalue weighted by atomic mass is 16.2. The van der Waals surface area contributed by atoms with Crippen molar-refractivity contribution in [3.05, 3.63) is 60.2 Å². The lowest BCUT2D eigenvalue weighted by Crippen LogP contribution is -2.30. The van der Waals surface area contributed by atoms with Crippen LogP contribution >= 0.6 is 0 Å². The van der Waals surface area contributed by atoms with Crippen molar-refractivity contribution in [2.45, 2.75) is 38.6 Å². The minimum Gasteiger partial charge on any atom is -0.372 e. The Morgan fingerprint density at radius 1 is 0.963 bits per heavy atom. The molecule has 2 aromatic carbocycles. The Kier molecular flexibility index (Phi) is 6.47. The van der Waals surface area contributed by atoms with Gasteiger partial charge in [-0.1, -0.05) is 30.3 Å². The molecule has 0 aromatic heterocycles. The fourth-order valence-corrected chi connectivity index (χ4v) is 3.49. The van der Waals surface area contributed by atoms with Crippen molar-refractivity contribution < 1.29 is 9.59 Å². The smallest absolute Gasteiger partial charge is 0.226 e. The number of hydrogen-bond acceptors (Lipinski definition) is 3. The molecular weight excluding hydrogens is 338 g/mol. The second-order valence-corrected chi connectivity index (χ2v) is 7.01. The number of carbonyl (C=O) groups excluding carboxylic acids is 2. The minimum atomic E-state index is -0.337. The maximum atomic E-state index is 12.5. The van der Waals surface area contributed by atoms with Crippen molar-refractivity contribution >= 4 is 23.2 Å². The second kappa shape index (κ2) is 9.21. The van der Waals surface area contributed by atoms with E-state index < -0.39 is 0 Å². The van der Waals surface area contributed by atoms with E-state index in [1.165, 1.54) is 31.9 Å². The van der Waals surface area contributed by atoms with Gasteiger partial charge in [0.05, 0.1) is 12.5 Å². The summed E-state index contributed by atoms with van der Waals surface area (Å²) in [6.07, 6.45) is 3.98. The summed E-state index contributed by atoms with van der Waals surface area (Å²) in [5.41, 5.74) is 2.90. The quantitative estimate of drug-likeness (QED) is 0.817. The van der Waals surface area contributed by atoms with Crippen LogP contribution in [-0.4, -0.2) is 24.9 Å². The highest BCUT2D eigenvalue weighted by molar-refractivity contribution is 5.91. The van der Waals surface area contributed by atoms with Crippen LogP contribution in [0, 0.1) is 0 Å². The van der Waals surface area contributed by atoms with E-state index in [1.807, 2.05) is 42.5 Å². The first-order chi connectivity index (χ1) is 13.1. The number of carbonyl (C=O) groups is 2. The maximum Gasteiger partial charge on any atom is 0.226 e. The predicted octanol–water partition coefficient (Wildman–Crippen LogP) is 3.88. The molecule has 0 radical (unpaired) electrons. The van der Waals surface area contributed by atoms with Gasteiger partial charge in [0.1, 0.15) is 0 Å². The molecule has 5 heteroatoms. The normalized spacial score (nSPS) is 15.1. The lowest BCUT2D eigenvalue weighted by atomic mass is 10.0. The summed E-state index contributed by atoms with van der Waals surface area (Å²) in [5.74, 6) is -0.272. The van der Waals surface area contributed by atoms with Gasteiger partial charge in [0.2, 0.25) is 11.8 Å². The largest absolute Gasteiger partial charge is 0.372 e. The maximum absolute atomic E-state index is 12.5. The molecule has 0 saturated carbocycles. The molecule has 1 aliphatic rings. The number of hydrogen-bond donors (Lipinski definition) is 2. The van der Waals surface area contributed by atoms with E-state index in [-0.39, 0.29) is 24.3 Å². The monoisotopic (exact) mass is 365 g/mol. The second-order valence-electron chi connectivity index (χ2n) is 7.01. The number of anilines is 2. The molecule has 1 heterocycles. The van der Waals surface area contributed by atoms with E-state index in [1.54, 1.807) is 0 Å². The minimum absolute atomic E-state index is 0.122. The third kappa shape index (κ3) is 5.58. The number of nitrogens with one attached hydrogen (secondary N) is 2. The predicted molar refractivity (Wildman–Crippen MR) is 109 cm³/mol. The van der Waals surface area contributed by atoms with Crippen LogP contribution in [0.15, 0.2) is 54.6 Å². The van der Waals surface area contributed by atoms with Gasteiger partial charge < -0.3 is 15.5 Å². The van der Waals surface area contributed by atoms with Crippen molar-refractivity contribution in [2.75, 3.05) is 23.3 Å². The summed E-state index contributed by atoms with van der Waals surface area (Å²) in [5, 5.41) is 5.80. The Balaban J connectivity index is 1.60. The standard InChI is InChI=1S/C22H27N3O2/c1-17(26)23-21(18-8-4-2-5-9-18)16-22(27)24-19-10-12-20(13-11-19)25-14-6-3-7-15-25/h2,4-5,8-13,21H,3,6-7,14-16H2,1H3,(H,23,26)(H,24,27). The van der Waals surface area contributed by atoms with Gasteiger partial charge in [0.25, 0.3) is 0 Å². The van der Waals surface area contributed by atoms with Crippen molar-refractivity contribution in [2.24, 2.45) is 0 Å². The summed E-state index contributed by atoms with van der Waals surface area (Å²) in [6.45, 7) is 3.66. The van der Waals surface area contributed by atoms with Gasteiger partial charge in [0, 0.05) is 31.4 Å². The number of nitrogens with zero attached hydrogens (tertiary/aromatic N) is 1. The molecular formula is C22H27N3O2. The molecule has 5 nitrogen and oxygen atoms in total. The lowest BCUT2D eigenvalue weighted by Gasteiger charge is -2.28. The molecule has 0 spiro atoms. The van der Waals surface area contributed by atoms with Gasteiger partial charge >= 0.3 is 0 Å². The van der Waals surface area contributed by atoms with Crippen LogP contribution in [0.2, 0.25) is 0 Å². The molecule has 142 valence electrons. The highest BCUT2D eigenvalue weighted by Crippen LogP contribution is 2.23. The van der Waals surface area contributed by atoms with Gasteiger partial charge in [0.15, 0.2) is 0 Å². The fraction of sp³-hybridized carbons (Fsp3) is 0.364. The molecule has 1 atom stereocenters. The zero-order valence-electron chi connectivity index (χ0n) is 15.8. The van der Waals surface area contributed by atoms with Crippen LogP contribution in [0.1, 0.15) is 44.2 Å². The van der Waals surface area contributed by atoms with Crippen LogP contribution in [0.3, 0.4) is 0 Å². The Morgan fingerprint density at radius 2 is 1.63 bits per heavy atom. The fourth-order valence-electron chi connectivity index (χ4n) is 3.49. The molecule has 2 N–H and O–H groups in total. The van der Waals surface area contributed by atoms with Crippen LogP contribution in [-0.2, 0) is 9.59 Å². The van der Waals surface area contributed by atoms with Crippen molar-refractivity contribution in [3.63, 3.8) is 0 Å². The molecule has 1 unspecified atom stereocenters. The first kappa shape index (κ1) is 19.0. The molecule has 1 aliphatic heterocycles. The number of rotatable bonds is 6. The summed E-state index contributed by atoms with van der Waals surface area (Å²) in [4.78, 5) is 26.4. The first-order valence-electron chi connectivity index (χ1n) is 9.59. The highest BCUT2D eigenvalue weighted by Gasteiger charge is 2.17. The van der Waals surface area contributed by atoms with E-state index in [0.717, 1.165) is 24.3 Å². The Bertz CT molecular complexity index is 753.